The van der Waals surface area contributed by atoms with E-state index in [1.807, 2.05) is 13.0 Å². The van der Waals surface area contributed by atoms with Crippen LogP contribution in [-0.4, -0.2) is 55.6 Å². The molecule has 7 nitrogen and oxygen atoms in total. The fourth-order valence-corrected chi connectivity index (χ4v) is 3.82. The van der Waals surface area contributed by atoms with E-state index in [0.29, 0.717) is 23.3 Å². The lowest BCUT2D eigenvalue weighted by atomic mass is 10.1. The minimum Gasteiger partial charge on any atom is -0.492 e. The van der Waals surface area contributed by atoms with E-state index in [0.717, 1.165) is 50.1 Å². The molecule has 1 saturated heterocycles. The van der Waals surface area contributed by atoms with Gasteiger partial charge in [0, 0.05) is 49.9 Å². The molecule has 2 aromatic carbocycles. The average Bonchev–Trinajstić information content (AvgIpc) is 2.76. The van der Waals surface area contributed by atoms with Gasteiger partial charge in [0.2, 0.25) is 0 Å². The van der Waals surface area contributed by atoms with Crippen LogP contribution in [0.4, 0.5) is 25.8 Å². The Balaban J connectivity index is 1.90. The molecule has 0 aliphatic carbocycles. The summed E-state index contributed by atoms with van der Waals surface area (Å²) in [6.07, 6.45) is 1.33. The molecule has 1 aliphatic heterocycles. The fourth-order valence-electron chi connectivity index (χ4n) is 3.82. The van der Waals surface area contributed by atoms with Crippen molar-refractivity contribution in [2.24, 2.45) is 5.73 Å². The molecule has 0 radical (unpaired) electrons. The van der Waals surface area contributed by atoms with Crippen LogP contribution < -0.4 is 20.7 Å². The Kier molecular flexibility index (Phi) is 6.09. The van der Waals surface area contributed by atoms with Crippen molar-refractivity contribution in [2.75, 3.05) is 50.1 Å². The number of piperazine rings is 1. The number of likely N-dealkylation sites (N-methyl/N-ethyl adjacent to an activating group) is 1. The number of nitrogens with two attached hydrogens (primary N) is 1. The molecule has 1 aromatic heterocycles. The second-order valence-electron chi connectivity index (χ2n) is 7.72. The largest absolute Gasteiger partial charge is 0.492 e. The molecule has 0 spiro atoms. The van der Waals surface area contributed by atoms with Crippen molar-refractivity contribution in [1.82, 2.24) is 9.88 Å². The van der Waals surface area contributed by atoms with Gasteiger partial charge in [-0.15, -0.1) is 0 Å². The van der Waals surface area contributed by atoms with Crippen LogP contribution in [0.2, 0.25) is 0 Å². The number of fused-ring (bicyclic) bond motifs is 1. The standard InChI is InChI=1S/C23H25F2N5O2/c1-3-32-21-12-18-15(11-20(21)30-8-6-29(2)7-9-30)22(16(13-27-18)23(26)31)28-19-10-14(24)4-5-17(19)25/h4-5,10-13H,3,6-9H2,1-2H3,(H2,26,31)(H,27,28). The second-order valence-corrected chi connectivity index (χ2v) is 7.72. The second kappa shape index (κ2) is 8.96. The zero-order valence-corrected chi connectivity index (χ0v) is 18.0. The number of nitrogens with one attached hydrogen (secondary N) is 1. The molecule has 1 fully saturated rings. The van der Waals surface area contributed by atoms with Gasteiger partial charge in [0.1, 0.15) is 17.4 Å². The van der Waals surface area contributed by atoms with Gasteiger partial charge in [0.05, 0.1) is 34.7 Å². The Bertz CT molecular complexity index is 1160. The number of aromatic nitrogens is 1. The number of primary amides is 1. The van der Waals surface area contributed by atoms with Crippen LogP contribution in [0.1, 0.15) is 17.3 Å². The van der Waals surface area contributed by atoms with Crippen LogP contribution in [0.25, 0.3) is 10.9 Å². The highest BCUT2D eigenvalue weighted by Gasteiger charge is 2.22. The summed E-state index contributed by atoms with van der Waals surface area (Å²) in [5, 5.41) is 3.43. The van der Waals surface area contributed by atoms with Gasteiger partial charge in [-0.3, -0.25) is 9.78 Å². The summed E-state index contributed by atoms with van der Waals surface area (Å²) in [5.41, 5.74) is 7.20. The first-order valence-corrected chi connectivity index (χ1v) is 10.4. The number of anilines is 3. The normalized spacial score (nSPS) is 14.6. The number of rotatable bonds is 6. The number of nitrogens with zero attached hydrogens (tertiary/aromatic N) is 3. The molecule has 0 saturated carbocycles. The van der Waals surface area contributed by atoms with Crippen molar-refractivity contribution >= 4 is 33.9 Å². The minimum absolute atomic E-state index is 0.0784. The van der Waals surface area contributed by atoms with Gasteiger partial charge in [0.25, 0.3) is 5.91 Å². The van der Waals surface area contributed by atoms with Gasteiger partial charge in [-0.25, -0.2) is 8.78 Å². The molecule has 2 heterocycles. The van der Waals surface area contributed by atoms with E-state index in [2.05, 4.69) is 27.1 Å². The van der Waals surface area contributed by atoms with Crippen LogP contribution >= 0.6 is 0 Å². The van der Waals surface area contributed by atoms with Crippen molar-refractivity contribution in [1.29, 1.82) is 0 Å². The Hall–Kier alpha value is -3.46. The Labute approximate surface area is 184 Å². The molecule has 168 valence electrons. The predicted molar refractivity (Wildman–Crippen MR) is 121 cm³/mol. The number of amides is 1. The summed E-state index contributed by atoms with van der Waals surface area (Å²) in [5.74, 6) is -1.32. The van der Waals surface area contributed by atoms with E-state index in [1.54, 1.807) is 6.07 Å². The molecule has 0 unspecified atom stereocenters. The topological polar surface area (TPSA) is 83.7 Å². The summed E-state index contributed by atoms with van der Waals surface area (Å²) in [7, 11) is 2.07. The molecule has 1 aliphatic rings. The van der Waals surface area contributed by atoms with Crippen molar-refractivity contribution in [3.63, 3.8) is 0 Å². The molecular weight excluding hydrogens is 416 g/mol. The monoisotopic (exact) mass is 441 g/mol. The summed E-state index contributed by atoms with van der Waals surface area (Å²) >= 11 is 0. The lowest BCUT2D eigenvalue weighted by Crippen LogP contribution is -2.44. The number of ether oxygens (including phenoxy) is 1. The Morgan fingerprint density at radius 3 is 2.62 bits per heavy atom. The third-order valence-electron chi connectivity index (χ3n) is 5.55. The highest BCUT2D eigenvalue weighted by molar-refractivity contribution is 6.08. The Morgan fingerprint density at radius 1 is 1.19 bits per heavy atom. The van der Waals surface area contributed by atoms with Crippen LogP contribution in [0.5, 0.6) is 5.75 Å². The van der Waals surface area contributed by atoms with E-state index < -0.39 is 17.5 Å². The molecular formula is C23H25F2N5O2. The maximum Gasteiger partial charge on any atom is 0.252 e. The van der Waals surface area contributed by atoms with E-state index in [9.17, 15) is 13.6 Å². The third kappa shape index (κ3) is 4.29. The molecule has 0 atom stereocenters. The van der Waals surface area contributed by atoms with Crippen molar-refractivity contribution in [3.05, 3.63) is 53.7 Å². The number of carbonyl (C=O) groups excluding carboxylic acids is 1. The van der Waals surface area contributed by atoms with Crippen molar-refractivity contribution in [3.8, 4) is 5.75 Å². The van der Waals surface area contributed by atoms with E-state index in [1.165, 1.54) is 6.20 Å². The molecule has 32 heavy (non-hydrogen) atoms. The molecule has 3 aromatic rings. The number of carbonyl (C=O) groups is 1. The fraction of sp³-hybridized carbons (Fsp3) is 0.304. The first-order valence-electron chi connectivity index (χ1n) is 10.4. The van der Waals surface area contributed by atoms with E-state index in [-0.39, 0.29) is 16.9 Å². The van der Waals surface area contributed by atoms with Gasteiger partial charge in [0.15, 0.2) is 0 Å². The summed E-state index contributed by atoms with van der Waals surface area (Å²) in [6.45, 7) is 5.76. The lowest BCUT2D eigenvalue weighted by Gasteiger charge is -2.35. The molecule has 3 N–H and O–H groups in total. The summed E-state index contributed by atoms with van der Waals surface area (Å²) < 4.78 is 34.0. The average molecular weight is 441 g/mol. The quantitative estimate of drug-likeness (QED) is 0.609. The third-order valence-corrected chi connectivity index (χ3v) is 5.55. The maximum absolute atomic E-state index is 14.4. The van der Waals surface area contributed by atoms with E-state index in [4.69, 9.17) is 10.5 Å². The van der Waals surface area contributed by atoms with Gasteiger partial charge in [-0.05, 0) is 32.2 Å². The highest BCUT2D eigenvalue weighted by atomic mass is 19.1. The number of benzene rings is 2. The number of hydrogen-bond acceptors (Lipinski definition) is 6. The van der Waals surface area contributed by atoms with Crippen LogP contribution in [-0.2, 0) is 0 Å². The van der Waals surface area contributed by atoms with Gasteiger partial charge in [-0.1, -0.05) is 0 Å². The zero-order chi connectivity index (χ0) is 22.8. The van der Waals surface area contributed by atoms with Crippen molar-refractivity contribution in [2.45, 2.75) is 6.92 Å². The zero-order valence-electron chi connectivity index (χ0n) is 18.0. The molecule has 9 heteroatoms. The van der Waals surface area contributed by atoms with Gasteiger partial charge < -0.3 is 25.6 Å². The molecule has 4 rings (SSSR count). The molecule has 1 amide bonds. The smallest absolute Gasteiger partial charge is 0.252 e. The SMILES string of the molecule is CCOc1cc2ncc(C(N)=O)c(Nc3cc(F)ccc3F)c2cc1N1CCN(C)CC1. The molecule has 0 bridgehead atoms. The van der Waals surface area contributed by atoms with Crippen LogP contribution in [0, 0.1) is 11.6 Å². The number of pyridine rings is 1. The van der Waals surface area contributed by atoms with E-state index >= 15 is 0 Å². The van der Waals surface area contributed by atoms with Crippen LogP contribution in [0.15, 0.2) is 36.5 Å². The first-order chi connectivity index (χ1) is 15.4. The lowest BCUT2D eigenvalue weighted by molar-refractivity contribution is 0.100. The first kappa shape index (κ1) is 21.8. The maximum atomic E-state index is 14.4. The summed E-state index contributed by atoms with van der Waals surface area (Å²) in [6, 6.07) is 6.74. The van der Waals surface area contributed by atoms with Gasteiger partial charge in [-0.2, -0.15) is 0 Å². The van der Waals surface area contributed by atoms with Crippen molar-refractivity contribution < 1.29 is 18.3 Å². The highest BCUT2D eigenvalue weighted by Crippen LogP contribution is 2.38. The van der Waals surface area contributed by atoms with Gasteiger partial charge >= 0.3 is 0 Å². The van der Waals surface area contributed by atoms with Crippen LogP contribution in [0.3, 0.4) is 0 Å². The number of halogens is 2. The predicted octanol–water partition coefficient (Wildman–Crippen LogP) is 3.51. The number of hydrogen-bond donors (Lipinski definition) is 2. The summed E-state index contributed by atoms with van der Waals surface area (Å²) in [4.78, 5) is 20.9. The Morgan fingerprint density at radius 2 is 1.94 bits per heavy atom. The minimum atomic E-state index is -0.728.